The third kappa shape index (κ3) is 3.60. The van der Waals surface area contributed by atoms with E-state index in [0.29, 0.717) is 29.2 Å². The number of carbonyl (C=O) groups excluding carboxylic acids is 1. The zero-order valence-electron chi connectivity index (χ0n) is 13.2. The van der Waals surface area contributed by atoms with Crippen LogP contribution in [0.2, 0.25) is 0 Å². The standard InChI is InChI=1S/C18H17FN4O/c1-12-8-14(19)4-7-16(12)22-18(24)17-10-23(11-21-17)9-13-2-5-15(20)6-3-13/h2-8,10-11H,9,20H2,1H3,(H,22,24). The van der Waals surface area contributed by atoms with E-state index in [-0.39, 0.29) is 11.7 Å². The number of amides is 1. The molecule has 0 bridgehead atoms. The summed E-state index contributed by atoms with van der Waals surface area (Å²) in [4.78, 5) is 16.4. The number of carbonyl (C=O) groups is 1. The Bertz CT molecular complexity index is 871. The molecule has 0 aliphatic heterocycles. The first kappa shape index (κ1) is 15.7. The summed E-state index contributed by atoms with van der Waals surface area (Å²) in [7, 11) is 0. The third-order valence-electron chi connectivity index (χ3n) is 3.65. The van der Waals surface area contributed by atoms with E-state index in [1.54, 1.807) is 19.4 Å². The number of nitrogens with one attached hydrogen (secondary N) is 1. The van der Waals surface area contributed by atoms with Gasteiger partial charge in [0, 0.05) is 24.1 Å². The molecule has 1 amide bonds. The fourth-order valence-electron chi connectivity index (χ4n) is 2.35. The second-order valence-corrected chi connectivity index (χ2v) is 5.59. The Labute approximate surface area is 138 Å². The first-order valence-electron chi connectivity index (χ1n) is 7.45. The molecule has 3 N–H and O–H groups in total. The average molecular weight is 324 g/mol. The van der Waals surface area contributed by atoms with Crippen LogP contribution in [0.5, 0.6) is 0 Å². The number of aromatic nitrogens is 2. The summed E-state index contributed by atoms with van der Waals surface area (Å²) in [6.45, 7) is 2.33. The van der Waals surface area contributed by atoms with Gasteiger partial charge >= 0.3 is 0 Å². The minimum Gasteiger partial charge on any atom is -0.399 e. The molecule has 3 aromatic rings. The molecule has 0 unspecified atom stereocenters. The summed E-state index contributed by atoms with van der Waals surface area (Å²) < 4.78 is 14.9. The van der Waals surface area contributed by atoms with E-state index in [0.717, 1.165) is 5.56 Å². The number of nitrogens with two attached hydrogens (primary N) is 1. The predicted octanol–water partition coefficient (Wildman–Crippen LogP) is 3.21. The van der Waals surface area contributed by atoms with Crippen molar-refractivity contribution in [3.05, 3.63) is 77.6 Å². The maximum atomic E-state index is 13.1. The Morgan fingerprint density at radius 2 is 2.00 bits per heavy atom. The van der Waals surface area contributed by atoms with E-state index in [4.69, 9.17) is 5.73 Å². The lowest BCUT2D eigenvalue weighted by Crippen LogP contribution is -2.13. The Kier molecular flexibility index (Phi) is 4.29. The van der Waals surface area contributed by atoms with E-state index in [9.17, 15) is 9.18 Å². The number of anilines is 2. The number of rotatable bonds is 4. The van der Waals surface area contributed by atoms with Gasteiger partial charge in [-0.3, -0.25) is 4.79 Å². The largest absolute Gasteiger partial charge is 0.399 e. The lowest BCUT2D eigenvalue weighted by atomic mass is 10.2. The van der Waals surface area contributed by atoms with Gasteiger partial charge in [0.15, 0.2) is 0 Å². The Balaban J connectivity index is 1.70. The van der Waals surface area contributed by atoms with Crippen molar-refractivity contribution in [3.8, 4) is 0 Å². The van der Waals surface area contributed by atoms with E-state index in [1.165, 1.54) is 18.2 Å². The van der Waals surface area contributed by atoms with Gasteiger partial charge in [0.1, 0.15) is 11.5 Å². The van der Waals surface area contributed by atoms with Crippen molar-refractivity contribution in [1.82, 2.24) is 9.55 Å². The molecule has 5 nitrogen and oxygen atoms in total. The Morgan fingerprint density at radius 3 is 2.71 bits per heavy atom. The number of aryl methyl sites for hydroxylation is 1. The highest BCUT2D eigenvalue weighted by molar-refractivity contribution is 6.03. The van der Waals surface area contributed by atoms with Crippen molar-refractivity contribution in [1.29, 1.82) is 0 Å². The summed E-state index contributed by atoms with van der Waals surface area (Å²) in [6.07, 6.45) is 3.27. The minimum absolute atomic E-state index is 0.300. The summed E-state index contributed by atoms with van der Waals surface area (Å²) in [6, 6.07) is 11.7. The quantitative estimate of drug-likeness (QED) is 0.724. The molecule has 0 aliphatic rings. The fourth-order valence-corrected chi connectivity index (χ4v) is 2.35. The SMILES string of the molecule is Cc1cc(F)ccc1NC(=O)c1cn(Cc2ccc(N)cc2)cn1. The molecule has 0 spiro atoms. The number of nitrogen functional groups attached to an aromatic ring is 1. The van der Waals surface area contributed by atoms with Gasteiger partial charge in [-0.05, 0) is 48.4 Å². The molecule has 0 radical (unpaired) electrons. The molecule has 0 atom stereocenters. The normalized spacial score (nSPS) is 10.6. The summed E-state index contributed by atoms with van der Waals surface area (Å²) in [5, 5.41) is 2.74. The number of benzene rings is 2. The van der Waals surface area contributed by atoms with Crippen molar-refractivity contribution < 1.29 is 9.18 Å². The molecule has 6 heteroatoms. The summed E-state index contributed by atoms with van der Waals surface area (Å²) >= 11 is 0. The van der Waals surface area contributed by atoms with Gasteiger partial charge in [-0.15, -0.1) is 0 Å². The van der Waals surface area contributed by atoms with Crippen molar-refractivity contribution in [2.45, 2.75) is 13.5 Å². The predicted molar refractivity (Wildman–Crippen MR) is 91.3 cm³/mol. The maximum absolute atomic E-state index is 13.1. The van der Waals surface area contributed by atoms with E-state index < -0.39 is 0 Å². The minimum atomic E-state index is -0.335. The molecule has 0 aliphatic carbocycles. The second kappa shape index (κ2) is 6.54. The van der Waals surface area contributed by atoms with Crippen LogP contribution in [-0.4, -0.2) is 15.5 Å². The molecule has 1 heterocycles. The van der Waals surface area contributed by atoms with Crippen LogP contribution in [0.4, 0.5) is 15.8 Å². The Morgan fingerprint density at radius 1 is 1.25 bits per heavy atom. The number of nitrogens with zero attached hydrogens (tertiary/aromatic N) is 2. The van der Waals surface area contributed by atoms with E-state index >= 15 is 0 Å². The van der Waals surface area contributed by atoms with Crippen LogP contribution in [0.25, 0.3) is 0 Å². The molecular formula is C18H17FN4O. The van der Waals surface area contributed by atoms with Crippen molar-refractivity contribution in [2.75, 3.05) is 11.1 Å². The van der Waals surface area contributed by atoms with Gasteiger partial charge in [-0.1, -0.05) is 12.1 Å². The highest BCUT2D eigenvalue weighted by Crippen LogP contribution is 2.16. The monoisotopic (exact) mass is 324 g/mol. The molecule has 1 aromatic heterocycles. The van der Waals surface area contributed by atoms with Crippen LogP contribution in [0, 0.1) is 12.7 Å². The fraction of sp³-hybridized carbons (Fsp3) is 0.111. The van der Waals surface area contributed by atoms with Gasteiger partial charge in [0.25, 0.3) is 5.91 Å². The van der Waals surface area contributed by atoms with Crippen molar-refractivity contribution >= 4 is 17.3 Å². The number of hydrogen-bond acceptors (Lipinski definition) is 3. The van der Waals surface area contributed by atoms with Gasteiger partial charge in [-0.2, -0.15) is 0 Å². The molecular weight excluding hydrogens is 307 g/mol. The lowest BCUT2D eigenvalue weighted by Gasteiger charge is -2.06. The number of imidazole rings is 1. The number of hydrogen-bond donors (Lipinski definition) is 2. The third-order valence-corrected chi connectivity index (χ3v) is 3.65. The van der Waals surface area contributed by atoms with Crippen LogP contribution in [0.3, 0.4) is 0 Å². The van der Waals surface area contributed by atoms with Crippen LogP contribution >= 0.6 is 0 Å². The van der Waals surface area contributed by atoms with Crippen molar-refractivity contribution in [2.24, 2.45) is 0 Å². The highest BCUT2D eigenvalue weighted by atomic mass is 19.1. The van der Waals surface area contributed by atoms with Gasteiger partial charge in [-0.25, -0.2) is 9.37 Å². The van der Waals surface area contributed by atoms with Crippen LogP contribution in [0.1, 0.15) is 21.6 Å². The molecule has 0 saturated heterocycles. The van der Waals surface area contributed by atoms with E-state index in [2.05, 4.69) is 10.3 Å². The Hall–Kier alpha value is -3.15. The van der Waals surface area contributed by atoms with Crippen LogP contribution < -0.4 is 11.1 Å². The van der Waals surface area contributed by atoms with Gasteiger partial charge < -0.3 is 15.6 Å². The average Bonchev–Trinajstić information content (AvgIpc) is 3.01. The molecule has 0 fully saturated rings. The lowest BCUT2D eigenvalue weighted by molar-refractivity contribution is 0.102. The van der Waals surface area contributed by atoms with Gasteiger partial charge in [0.05, 0.1) is 6.33 Å². The zero-order valence-corrected chi connectivity index (χ0v) is 13.2. The van der Waals surface area contributed by atoms with E-state index in [1.807, 2.05) is 28.8 Å². The van der Waals surface area contributed by atoms with Crippen molar-refractivity contribution in [3.63, 3.8) is 0 Å². The topological polar surface area (TPSA) is 72.9 Å². The maximum Gasteiger partial charge on any atom is 0.275 e. The smallest absolute Gasteiger partial charge is 0.275 e. The first-order valence-corrected chi connectivity index (χ1v) is 7.45. The molecule has 3 rings (SSSR count). The zero-order chi connectivity index (χ0) is 17.1. The second-order valence-electron chi connectivity index (χ2n) is 5.59. The number of halogens is 1. The summed E-state index contributed by atoms with van der Waals surface area (Å²) in [5.74, 6) is -0.668. The molecule has 2 aromatic carbocycles. The summed E-state index contributed by atoms with van der Waals surface area (Å²) in [5.41, 5.74) is 8.95. The molecule has 0 saturated carbocycles. The van der Waals surface area contributed by atoms with Crippen LogP contribution in [0.15, 0.2) is 55.0 Å². The first-order chi connectivity index (χ1) is 11.5. The van der Waals surface area contributed by atoms with Gasteiger partial charge in [0.2, 0.25) is 0 Å². The van der Waals surface area contributed by atoms with Crippen LogP contribution in [-0.2, 0) is 6.54 Å². The highest BCUT2D eigenvalue weighted by Gasteiger charge is 2.11. The molecule has 122 valence electrons. The molecule has 24 heavy (non-hydrogen) atoms.